The molecule has 0 bridgehead atoms. The van der Waals surface area contributed by atoms with E-state index in [1.54, 1.807) is 30.5 Å². The summed E-state index contributed by atoms with van der Waals surface area (Å²) in [7, 11) is -3.39. The van der Waals surface area contributed by atoms with Crippen LogP contribution in [0, 0.1) is 11.7 Å². The maximum atomic E-state index is 14.7. The lowest BCUT2D eigenvalue weighted by atomic mass is 10.0. The van der Waals surface area contributed by atoms with Gasteiger partial charge in [-0.25, -0.2) is 22.8 Å². The molecule has 172 valence electrons. The molecular weight excluding hydrogens is 445 g/mol. The first kappa shape index (κ1) is 21.6. The van der Waals surface area contributed by atoms with Gasteiger partial charge in [0.25, 0.3) is 0 Å². The van der Waals surface area contributed by atoms with Gasteiger partial charge < -0.3 is 14.4 Å². The van der Waals surface area contributed by atoms with E-state index in [9.17, 15) is 12.8 Å². The number of rotatable bonds is 6. The number of halogens is 1. The highest BCUT2D eigenvalue weighted by Crippen LogP contribution is 2.36. The number of anilines is 1. The van der Waals surface area contributed by atoms with Crippen LogP contribution in [0.3, 0.4) is 0 Å². The van der Waals surface area contributed by atoms with Crippen molar-refractivity contribution >= 4 is 15.8 Å². The van der Waals surface area contributed by atoms with Crippen LogP contribution in [0.5, 0.6) is 11.5 Å². The van der Waals surface area contributed by atoms with E-state index in [0.717, 1.165) is 37.6 Å². The standard InChI is InChI=1S/C24H24FN3O4S/c1-2-19-7-9-26-24(27-19)28-10-8-16(13-28)14-31-21-5-3-17(11-20(21)25)18-4-6-23-22(12-18)32-15-33(23,29)30/h3-7,9,11-12,16H,2,8,10,13-15H2,1H3. The number of ether oxygens (including phenoxy) is 2. The number of nitrogens with zero attached hydrogens (tertiary/aromatic N) is 3. The van der Waals surface area contributed by atoms with E-state index in [-0.39, 0.29) is 22.5 Å². The smallest absolute Gasteiger partial charge is 0.225 e. The minimum Gasteiger partial charge on any atom is -0.490 e. The molecule has 1 fully saturated rings. The predicted molar refractivity (Wildman–Crippen MR) is 122 cm³/mol. The molecule has 2 aromatic carbocycles. The summed E-state index contributed by atoms with van der Waals surface area (Å²) in [4.78, 5) is 11.3. The molecule has 0 spiro atoms. The van der Waals surface area contributed by atoms with Gasteiger partial charge in [-0.1, -0.05) is 19.1 Å². The fourth-order valence-corrected chi connectivity index (χ4v) is 5.26. The molecule has 1 aromatic heterocycles. The lowest BCUT2D eigenvalue weighted by molar-refractivity contribution is 0.250. The number of aryl methyl sites for hydroxylation is 1. The van der Waals surface area contributed by atoms with Crippen LogP contribution in [0.4, 0.5) is 10.3 Å². The van der Waals surface area contributed by atoms with Gasteiger partial charge in [0.05, 0.1) is 6.61 Å². The van der Waals surface area contributed by atoms with E-state index in [0.29, 0.717) is 23.5 Å². The second-order valence-corrected chi connectivity index (χ2v) is 10.2. The van der Waals surface area contributed by atoms with E-state index in [4.69, 9.17) is 9.47 Å². The molecule has 0 N–H and O–H groups in total. The molecule has 0 aliphatic carbocycles. The number of hydrogen-bond acceptors (Lipinski definition) is 7. The Morgan fingerprint density at radius 3 is 2.82 bits per heavy atom. The van der Waals surface area contributed by atoms with Gasteiger partial charge in [-0.05, 0) is 54.3 Å². The Balaban J connectivity index is 1.23. The van der Waals surface area contributed by atoms with Gasteiger partial charge >= 0.3 is 0 Å². The minimum absolute atomic E-state index is 0.170. The van der Waals surface area contributed by atoms with Crippen LogP contribution in [0.1, 0.15) is 19.0 Å². The van der Waals surface area contributed by atoms with Crippen molar-refractivity contribution < 1.29 is 22.3 Å². The molecule has 5 rings (SSSR count). The van der Waals surface area contributed by atoms with Crippen LogP contribution in [-0.4, -0.2) is 44.0 Å². The van der Waals surface area contributed by atoms with Gasteiger partial charge in [-0.15, -0.1) is 0 Å². The third-order valence-corrected chi connectivity index (χ3v) is 7.46. The Labute approximate surface area is 192 Å². The molecule has 2 aliphatic heterocycles. The molecule has 1 atom stereocenters. The third-order valence-electron chi connectivity index (χ3n) is 6.02. The quantitative estimate of drug-likeness (QED) is 0.542. The highest BCUT2D eigenvalue weighted by molar-refractivity contribution is 7.91. The second-order valence-electron chi connectivity index (χ2n) is 8.30. The average Bonchev–Trinajstić information content (AvgIpc) is 3.42. The molecule has 0 amide bonds. The highest BCUT2D eigenvalue weighted by atomic mass is 32.2. The van der Waals surface area contributed by atoms with E-state index >= 15 is 0 Å². The van der Waals surface area contributed by atoms with Gasteiger partial charge in [0, 0.05) is 30.9 Å². The Kier molecular flexibility index (Phi) is 5.65. The van der Waals surface area contributed by atoms with Crippen LogP contribution >= 0.6 is 0 Å². The zero-order valence-corrected chi connectivity index (χ0v) is 19.0. The Hall–Kier alpha value is -3.20. The summed E-state index contributed by atoms with van der Waals surface area (Å²) in [6.07, 6.45) is 3.58. The maximum absolute atomic E-state index is 14.7. The topological polar surface area (TPSA) is 81.6 Å². The van der Waals surface area contributed by atoms with Crippen LogP contribution in [0.2, 0.25) is 0 Å². The summed E-state index contributed by atoms with van der Waals surface area (Å²) in [5.41, 5.74) is 2.31. The minimum atomic E-state index is -3.39. The summed E-state index contributed by atoms with van der Waals surface area (Å²) < 4.78 is 49.6. The zero-order chi connectivity index (χ0) is 23.0. The van der Waals surface area contributed by atoms with Crippen molar-refractivity contribution in [2.75, 3.05) is 30.5 Å². The first-order valence-electron chi connectivity index (χ1n) is 10.9. The first-order chi connectivity index (χ1) is 15.9. The number of hydrogen-bond donors (Lipinski definition) is 0. The summed E-state index contributed by atoms with van der Waals surface area (Å²) in [6, 6.07) is 11.5. The molecule has 3 heterocycles. The first-order valence-corrected chi connectivity index (χ1v) is 12.6. The monoisotopic (exact) mass is 469 g/mol. The molecule has 33 heavy (non-hydrogen) atoms. The SMILES string of the molecule is CCc1ccnc(N2CCC(COc3ccc(-c4ccc5c(c4)OCS5(=O)=O)cc3F)C2)n1. The third kappa shape index (κ3) is 4.37. The molecular formula is C24H24FN3O4S. The number of fused-ring (bicyclic) bond motifs is 1. The highest BCUT2D eigenvalue weighted by Gasteiger charge is 2.28. The normalized spacial score (nSPS) is 18.7. The molecule has 0 saturated carbocycles. The zero-order valence-electron chi connectivity index (χ0n) is 18.2. The van der Waals surface area contributed by atoms with Crippen LogP contribution < -0.4 is 14.4 Å². The number of sulfone groups is 1. The van der Waals surface area contributed by atoms with Crippen LogP contribution in [-0.2, 0) is 16.3 Å². The Bertz CT molecular complexity index is 1300. The van der Waals surface area contributed by atoms with Gasteiger partial charge in [0.15, 0.2) is 17.5 Å². The van der Waals surface area contributed by atoms with Gasteiger partial charge in [0.1, 0.15) is 10.6 Å². The van der Waals surface area contributed by atoms with E-state index in [1.165, 1.54) is 12.1 Å². The van der Waals surface area contributed by atoms with Crippen molar-refractivity contribution in [3.8, 4) is 22.6 Å². The maximum Gasteiger partial charge on any atom is 0.225 e. The van der Waals surface area contributed by atoms with Gasteiger partial charge in [-0.3, -0.25) is 0 Å². The lowest BCUT2D eigenvalue weighted by Crippen LogP contribution is -2.24. The van der Waals surface area contributed by atoms with Crippen LogP contribution in [0.15, 0.2) is 53.6 Å². The summed E-state index contributed by atoms with van der Waals surface area (Å²) in [5, 5.41) is 0. The van der Waals surface area contributed by atoms with Crippen molar-refractivity contribution in [2.45, 2.75) is 24.7 Å². The molecule has 9 heteroatoms. The van der Waals surface area contributed by atoms with Crippen molar-refractivity contribution in [1.29, 1.82) is 0 Å². The van der Waals surface area contributed by atoms with Crippen molar-refractivity contribution in [3.05, 3.63) is 60.2 Å². The number of benzene rings is 2. The second kappa shape index (κ2) is 8.62. The van der Waals surface area contributed by atoms with Gasteiger partial charge in [0.2, 0.25) is 15.8 Å². The van der Waals surface area contributed by atoms with E-state index in [1.807, 2.05) is 6.07 Å². The van der Waals surface area contributed by atoms with Crippen molar-refractivity contribution in [3.63, 3.8) is 0 Å². The molecule has 1 saturated heterocycles. The summed E-state index contributed by atoms with van der Waals surface area (Å²) in [6.45, 7) is 4.09. The predicted octanol–water partition coefficient (Wildman–Crippen LogP) is 3.87. The van der Waals surface area contributed by atoms with E-state index in [2.05, 4.69) is 21.8 Å². The molecule has 1 unspecified atom stereocenters. The molecule has 7 nitrogen and oxygen atoms in total. The van der Waals surface area contributed by atoms with Crippen molar-refractivity contribution in [1.82, 2.24) is 9.97 Å². The fourth-order valence-electron chi connectivity index (χ4n) is 4.15. The van der Waals surface area contributed by atoms with Crippen LogP contribution in [0.25, 0.3) is 11.1 Å². The Morgan fingerprint density at radius 2 is 2.00 bits per heavy atom. The van der Waals surface area contributed by atoms with Crippen molar-refractivity contribution in [2.24, 2.45) is 5.92 Å². The lowest BCUT2D eigenvalue weighted by Gasteiger charge is -2.17. The summed E-state index contributed by atoms with van der Waals surface area (Å²) in [5.74, 6) is 0.665. The fraction of sp³-hybridized carbons (Fsp3) is 0.333. The summed E-state index contributed by atoms with van der Waals surface area (Å²) >= 11 is 0. The van der Waals surface area contributed by atoms with E-state index < -0.39 is 15.7 Å². The molecule has 3 aromatic rings. The largest absolute Gasteiger partial charge is 0.490 e. The molecule has 2 aliphatic rings. The molecule has 0 radical (unpaired) electrons. The average molecular weight is 470 g/mol. The number of aromatic nitrogens is 2. The van der Waals surface area contributed by atoms with Gasteiger partial charge in [-0.2, -0.15) is 0 Å². The Morgan fingerprint density at radius 1 is 1.18 bits per heavy atom.